The second-order valence-corrected chi connectivity index (χ2v) is 9.34. The normalized spacial score (nSPS) is 18.1. The van der Waals surface area contributed by atoms with Crippen molar-refractivity contribution in [3.8, 4) is 22.8 Å². The molecule has 3 aromatic rings. The first kappa shape index (κ1) is 23.7. The monoisotopic (exact) mass is 490 g/mol. The van der Waals surface area contributed by atoms with Crippen molar-refractivity contribution in [1.29, 1.82) is 0 Å². The molecule has 0 unspecified atom stereocenters. The molecule has 1 aliphatic carbocycles. The second kappa shape index (κ2) is 9.23. The van der Waals surface area contributed by atoms with Crippen LogP contribution in [0.15, 0.2) is 47.0 Å². The van der Waals surface area contributed by atoms with E-state index >= 15 is 0 Å². The second-order valence-electron chi connectivity index (χ2n) is 9.34. The van der Waals surface area contributed by atoms with Gasteiger partial charge in [-0.1, -0.05) is 17.3 Å². The van der Waals surface area contributed by atoms with Crippen LogP contribution in [0.3, 0.4) is 0 Å². The smallest absolute Gasteiger partial charge is 0.389 e. The van der Waals surface area contributed by atoms with Crippen LogP contribution in [0.2, 0.25) is 0 Å². The Morgan fingerprint density at radius 1 is 1.06 bits per heavy atom. The van der Waals surface area contributed by atoms with Crippen LogP contribution in [0.5, 0.6) is 0 Å². The highest BCUT2D eigenvalue weighted by atomic mass is 19.4. The topological polar surface area (TPSA) is 74.4 Å². The molecule has 1 saturated heterocycles. The van der Waals surface area contributed by atoms with E-state index in [1.807, 2.05) is 12.1 Å². The van der Waals surface area contributed by atoms with Crippen LogP contribution in [0.4, 0.5) is 23.2 Å². The number of aliphatic hydroxyl groups is 1. The van der Waals surface area contributed by atoms with Crippen LogP contribution in [0.25, 0.3) is 22.8 Å². The van der Waals surface area contributed by atoms with Gasteiger partial charge in [-0.25, -0.2) is 4.39 Å². The summed E-state index contributed by atoms with van der Waals surface area (Å²) in [5, 5.41) is 17.0. The van der Waals surface area contributed by atoms with Crippen LogP contribution in [0.1, 0.15) is 36.8 Å². The molecule has 6 nitrogen and oxygen atoms in total. The molecule has 2 aliphatic rings. The lowest BCUT2D eigenvalue weighted by molar-refractivity contribution is -0.137. The quantitative estimate of drug-likeness (QED) is 0.456. The fourth-order valence-electron chi connectivity index (χ4n) is 4.25. The number of anilines is 1. The highest BCUT2D eigenvalue weighted by molar-refractivity contribution is 5.67. The fraction of sp³-hybridized carbons (Fsp3) is 0.440. The summed E-state index contributed by atoms with van der Waals surface area (Å²) in [7, 11) is 0. The number of aromatic nitrogens is 2. The van der Waals surface area contributed by atoms with Crippen LogP contribution in [-0.2, 0) is 12.7 Å². The molecule has 1 saturated carbocycles. The van der Waals surface area contributed by atoms with Crippen molar-refractivity contribution in [2.45, 2.75) is 50.2 Å². The molecule has 2 fully saturated rings. The first-order chi connectivity index (χ1) is 16.7. The maximum Gasteiger partial charge on any atom is 0.418 e. The Balaban J connectivity index is 1.32. The summed E-state index contributed by atoms with van der Waals surface area (Å²) in [6, 6.07) is 11.3. The van der Waals surface area contributed by atoms with E-state index in [1.165, 1.54) is 12.1 Å². The Hall–Kier alpha value is -2.98. The summed E-state index contributed by atoms with van der Waals surface area (Å²) < 4.78 is 60.4. The molecular formula is C25H26F4N4O2. The van der Waals surface area contributed by atoms with Gasteiger partial charge in [0.2, 0.25) is 5.82 Å². The van der Waals surface area contributed by atoms with Gasteiger partial charge in [0.15, 0.2) is 0 Å². The first-order valence-electron chi connectivity index (χ1n) is 11.7. The highest BCUT2D eigenvalue weighted by Gasteiger charge is 2.39. The molecular weight excluding hydrogens is 464 g/mol. The van der Waals surface area contributed by atoms with E-state index in [0.717, 1.165) is 24.5 Å². The molecule has 2 aromatic carbocycles. The molecule has 35 heavy (non-hydrogen) atoms. The molecule has 0 amide bonds. The van der Waals surface area contributed by atoms with Crippen molar-refractivity contribution >= 4 is 5.69 Å². The Bertz CT molecular complexity index is 1170. The lowest BCUT2D eigenvalue weighted by Gasteiger charge is -2.32. The van der Waals surface area contributed by atoms with Gasteiger partial charge in [0.25, 0.3) is 5.89 Å². The zero-order valence-corrected chi connectivity index (χ0v) is 19.0. The average molecular weight is 491 g/mol. The fourth-order valence-corrected chi connectivity index (χ4v) is 4.25. The number of benzene rings is 2. The van der Waals surface area contributed by atoms with E-state index in [-0.39, 0.29) is 48.9 Å². The molecule has 0 atom stereocenters. The van der Waals surface area contributed by atoms with Crippen molar-refractivity contribution in [2.24, 2.45) is 0 Å². The van der Waals surface area contributed by atoms with Gasteiger partial charge in [0.1, 0.15) is 6.17 Å². The lowest BCUT2D eigenvalue weighted by Crippen LogP contribution is -2.35. The molecule has 0 spiro atoms. The molecule has 1 aliphatic heterocycles. The Morgan fingerprint density at radius 2 is 1.74 bits per heavy atom. The minimum Gasteiger partial charge on any atom is -0.389 e. The standard InChI is InChI=1S/C25H26F4N4O2/c26-19-7-11-33(12-8-19)21-6-5-18(13-20(21)25(27,28)29)22-31-23(35-32-22)17-3-1-16(2-4-17)14-30-15-24(34)9-10-24/h1-6,13,19,30,34H,7-12,14-15H2. The number of hydrogen-bond acceptors (Lipinski definition) is 6. The van der Waals surface area contributed by atoms with Crippen molar-refractivity contribution in [3.05, 3.63) is 53.6 Å². The van der Waals surface area contributed by atoms with E-state index in [1.54, 1.807) is 17.0 Å². The third kappa shape index (κ3) is 5.48. The summed E-state index contributed by atoms with van der Waals surface area (Å²) in [5.74, 6) is 0.261. The third-order valence-corrected chi connectivity index (χ3v) is 6.56. The Kier molecular flexibility index (Phi) is 6.27. The van der Waals surface area contributed by atoms with Gasteiger partial charge in [0.05, 0.1) is 11.2 Å². The van der Waals surface area contributed by atoms with Gasteiger partial charge in [-0.15, -0.1) is 0 Å². The van der Waals surface area contributed by atoms with Crippen molar-refractivity contribution in [1.82, 2.24) is 15.5 Å². The molecule has 2 heterocycles. The number of piperidine rings is 1. The van der Waals surface area contributed by atoms with Gasteiger partial charge in [-0.3, -0.25) is 0 Å². The summed E-state index contributed by atoms with van der Waals surface area (Å²) in [6.07, 6.45) is -3.48. The number of hydrogen-bond donors (Lipinski definition) is 2. The Morgan fingerprint density at radius 3 is 2.40 bits per heavy atom. The SMILES string of the molecule is OC1(CNCc2ccc(-c3nc(-c4ccc(N5CCC(F)CC5)c(C(F)(F)F)c4)no3)cc2)CC1. The number of rotatable bonds is 7. The van der Waals surface area contributed by atoms with E-state index < -0.39 is 23.5 Å². The minimum absolute atomic E-state index is 0.0369. The lowest BCUT2D eigenvalue weighted by atomic mass is 10.0. The largest absolute Gasteiger partial charge is 0.418 e. The number of halogens is 4. The van der Waals surface area contributed by atoms with Gasteiger partial charge in [-0.2, -0.15) is 18.2 Å². The molecule has 1 aromatic heterocycles. The molecule has 0 radical (unpaired) electrons. The number of nitrogens with one attached hydrogen (secondary N) is 1. The summed E-state index contributed by atoms with van der Waals surface area (Å²) in [4.78, 5) is 5.88. The maximum atomic E-state index is 13.9. The molecule has 0 bridgehead atoms. The summed E-state index contributed by atoms with van der Waals surface area (Å²) in [6.45, 7) is 1.63. The van der Waals surface area contributed by atoms with E-state index in [4.69, 9.17) is 4.52 Å². The summed E-state index contributed by atoms with van der Waals surface area (Å²) in [5.41, 5.74) is 0.529. The number of nitrogens with zero attached hydrogens (tertiary/aromatic N) is 3. The van der Waals surface area contributed by atoms with Gasteiger partial charge < -0.3 is 19.8 Å². The van der Waals surface area contributed by atoms with Crippen LogP contribution < -0.4 is 10.2 Å². The van der Waals surface area contributed by atoms with Crippen LogP contribution >= 0.6 is 0 Å². The summed E-state index contributed by atoms with van der Waals surface area (Å²) >= 11 is 0. The van der Waals surface area contributed by atoms with E-state index in [9.17, 15) is 22.7 Å². The zero-order chi connectivity index (χ0) is 24.6. The Labute approximate surface area is 199 Å². The van der Waals surface area contributed by atoms with E-state index in [0.29, 0.717) is 18.7 Å². The van der Waals surface area contributed by atoms with Gasteiger partial charge >= 0.3 is 6.18 Å². The first-order valence-corrected chi connectivity index (χ1v) is 11.7. The van der Waals surface area contributed by atoms with Gasteiger partial charge in [-0.05, 0) is 61.6 Å². The third-order valence-electron chi connectivity index (χ3n) is 6.56. The molecule has 186 valence electrons. The minimum atomic E-state index is -4.58. The van der Waals surface area contributed by atoms with Crippen molar-refractivity contribution in [2.75, 3.05) is 24.5 Å². The average Bonchev–Trinajstić information content (AvgIpc) is 3.37. The van der Waals surface area contributed by atoms with Crippen molar-refractivity contribution < 1.29 is 27.2 Å². The van der Waals surface area contributed by atoms with Crippen LogP contribution in [-0.4, -0.2) is 46.7 Å². The molecule has 5 rings (SSSR count). The van der Waals surface area contributed by atoms with E-state index in [2.05, 4.69) is 15.5 Å². The number of alkyl halides is 4. The van der Waals surface area contributed by atoms with Crippen LogP contribution in [0, 0.1) is 0 Å². The molecule has 2 N–H and O–H groups in total. The predicted molar refractivity (Wildman–Crippen MR) is 122 cm³/mol. The zero-order valence-electron chi connectivity index (χ0n) is 19.0. The maximum absolute atomic E-state index is 13.9. The molecule has 10 heteroatoms. The van der Waals surface area contributed by atoms with Crippen molar-refractivity contribution in [3.63, 3.8) is 0 Å². The predicted octanol–water partition coefficient (Wildman–Crippen LogP) is 4.98. The van der Waals surface area contributed by atoms with Gasteiger partial charge in [0, 0.05) is 43.0 Å². The highest BCUT2D eigenvalue weighted by Crippen LogP contribution is 2.40.